The van der Waals surface area contributed by atoms with E-state index in [1.54, 1.807) is 0 Å². The number of aromatic nitrogens is 1. The average molecular weight is 231 g/mol. The van der Waals surface area contributed by atoms with Crippen LogP contribution in [-0.2, 0) is 6.54 Å². The van der Waals surface area contributed by atoms with Gasteiger partial charge in [0.05, 0.1) is 0 Å². The van der Waals surface area contributed by atoms with Crippen LogP contribution in [0.15, 0.2) is 4.79 Å². The van der Waals surface area contributed by atoms with Crippen molar-refractivity contribution < 1.29 is 0 Å². The first-order chi connectivity index (χ1) is 6.66. The van der Waals surface area contributed by atoms with E-state index < -0.39 is 0 Å². The van der Waals surface area contributed by atoms with E-state index in [9.17, 15) is 4.79 Å². The summed E-state index contributed by atoms with van der Waals surface area (Å²) in [7, 11) is 0. The van der Waals surface area contributed by atoms with Crippen LogP contribution in [0, 0.1) is 13.8 Å². The maximum absolute atomic E-state index is 11.5. The summed E-state index contributed by atoms with van der Waals surface area (Å²) in [5.74, 6) is 2.31. The summed E-state index contributed by atoms with van der Waals surface area (Å²) in [6.07, 6.45) is 1.09. The Hall–Kier alpha value is -0.220. The van der Waals surface area contributed by atoms with Crippen molar-refractivity contribution in [3.63, 3.8) is 0 Å². The van der Waals surface area contributed by atoms with Crippen molar-refractivity contribution >= 4 is 23.1 Å². The van der Waals surface area contributed by atoms with Crippen LogP contribution in [0.5, 0.6) is 0 Å². The Morgan fingerprint density at radius 3 is 2.64 bits per heavy atom. The van der Waals surface area contributed by atoms with Crippen LogP contribution in [0.2, 0.25) is 0 Å². The second kappa shape index (κ2) is 5.61. The third-order valence-corrected chi connectivity index (χ3v) is 4.23. The molecule has 0 unspecified atom stereocenters. The minimum absolute atomic E-state index is 0.196. The predicted octanol–water partition coefficient (Wildman–Crippen LogP) is 2.67. The molecule has 4 heteroatoms. The van der Waals surface area contributed by atoms with Gasteiger partial charge >= 0.3 is 4.87 Å². The highest BCUT2D eigenvalue weighted by Crippen LogP contribution is 2.10. The molecule has 1 aromatic rings. The highest BCUT2D eigenvalue weighted by Gasteiger charge is 2.05. The molecule has 1 rings (SSSR count). The number of rotatable bonds is 5. The average Bonchev–Trinajstić information content (AvgIpc) is 2.38. The molecule has 0 spiro atoms. The quantitative estimate of drug-likeness (QED) is 0.727. The van der Waals surface area contributed by atoms with Gasteiger partial charge < -0.3 is 4.57 Å². The summed E-state index contributed by atoms with van der Waals surface area (Å²) < 4.78 is 1.90. The summed E-state index contributed by atoms with van der Waals surface area (Å²) >= 11 is 3.29. The largest absolute Gasteiger partial charge is 0.307 e. The minimum atomic E-state index is 0.196. The fraction of sp³-hybridized carbons (Fsp3) is 0.700. The van der Waals surface area contributed by atoms with Crippen molar-refractivity contribution in [3.8, 4) is 0 Å². The molecule has 0 fully saturated rings. The summed E-state index contributed by atoms with van der Waals surface area (Å²) in [4.78, 5) is 12.8. The van der Waals surface area contributed by atoms with Crippen molar-refractivity contribution in [3.05, 3.63) is 20.2 Å². The van der Waals surface area contributed by atoms with E-state index in [0.29, 0.717) is 0 Å². The second-order valence-electron chi connectivity index (χ2n) is 3.21. The molecule has 80 valence electrons. The number of hydrogen-bond donors (Lipinski definition) is 0. The number of aryl methyl sites for hydroxylation is 1. The van der Waals surface area contributed by atoms with Crippen molar-refractivity contribution in [2.75, 3.05) is 11.5 Å². The molecule has 1 aromatic heterocycles. The van der Waals surface area contributed by atoms with Gasteiger partial charge in [-0.05, 0) is 31.8 Å². The van der Waals surface area contributed by atoms with Crippen molar-refractivity contribution in [1.29, 1.82) is 0 Å². The first-order valence-electron chi connectivity index (χ1n) is 4.91. The molecular formula is C10H17NOS2. The maximum atomic E-state index is 11.5. The lowest BCUT2D eigenvalue weighted by Crippen LogP contribution is -2.15. The van der Waals surface area contributed by atoms with E-state index in [1.165, 1.54) is 11.3 Å². The SMILES string of the molecule is CCSCCCn1c(C)c(C)sc1=O. The van der Waals surface area contributed by atoms with Crippen molar-refractivity contribution in [1.82, 2.24) is 4.57 Å². The highest BCUT2D eigenvalue weighted by molar-refractivity contribution is 7.99. The van der Waals surface area contributed by atoms with Crippen LogP contribution in [0.1, 0.15) is 23.9 Å². The lowest BCUT2D eigenvalue weighted by molar-refractivity contribution is 0.654. The Morgan fingerprint density at radius 1 is 1.43 bits per heavy atom. The van der Waals surface area contributed by atoms with Crippen molar-refractivity contribution in [2.45, 2.75) is 33.7 Å². The Labute approximate surface area is 93.3 Å². The number of hydrogen-bond acceptors (Lipinski definition) is 3. The number of thioether (sulfide) groups is 1. The predicted molar refractivity (Wildman–Crippen MR) is 65.7 cm³/mol. The molecule has 0 saturated heterocycles. The molecule has 0 aliphatic carbocycles. The minimum Gasteiger partial charge on any atom is -0.303 e. The van der Waals surface area contributed by atoms with Crippen LogP contribution < -0.4 is 4.87 Å². The summed E-state index contributed by atoms with van der Waals surface area (Å²) in [5, 5.41) is 0. The maximum Gasteiger partial charge on any atom is 0.307 e. The van der Waals surface area contributed by atoms with E-state index >= 15 is 0 Å². The lowest BCUT2D eigenvalue weighted by Gasteiger charge is -2.03. The fourth-order valence-electron chi connectivity index (χ4n) is 1.31. The second-order valence-corrected chi connectivity index (χ2v) is 5.77. The third kappa shape index (κ3) is 2.89. The summed E-state index contributed by atoms with van der Waals surface area (Å²) in [6.45, 7) is 7.08. The monoisotopic (exact) mass is 231 g/mol. The standard InChI is InChI=1S/C10H17NOS2/c1-4-13-7-5-6-11-8(2)9(3)14-10(11)12/h4-7H2,1-3H3. The molecule has 0 atom stereocenters. The molecule has 0 radical (unpaired) electrons. The van der Waals surface area contributed by atoms with Gasteiger partial charge in [0.1, 0.15) is 0 Å². The topological polar surface area (TPSA) is 22.0 Å². The number of nitrogens with zero attached hydrogens (tertiary/aromatic N) is 1. The molecule has 14 heavy (non-hydrogen) atoms. The normalized spacial score (nSPS) is 10.8. The molecule has 0 aliphatic heterocycles. The molecule has 2 nitrogen and oxygen atoms in total. The van der Waals surface area contributed by atoms with E-state index in [4.69, 9.17) is 0 Å². The van der Waals surface area contributed by atoms with E-state index in [1.807, 2.05) is 30.2 Å². The molecule has 0 amide bonds. The van der Waals surface area contributed by atoms with Crippen LogP contribution >= 0.6 is 23.1 Å². The van der Waals surface area contributed by atoms with Gasteiger partial charge in [0.15, 0.2) is 0 Å². The molecule has 0 N–H and O–H groups in total. The smallest absolute Gasteiger partial charge is 0.303 e. The van der Waals surface area contributed by atoms with Crippen LogP contribution in [0.25, 0.3) is 0 Å². The van der Waals surface area contributed by atoms with E-state index in [-0.39, 0.29) is 4.87 Å². The first-order valence-corrected chi connectivity index (χ1v) is 6.88. The zero-order valence-corrected chi connectivity index (χ0v) is 10.6. The van der Waals surface area contributed by atoms with Gasteiger partial charge in [0, 0.05) is 17.1 Å². The van der Waals surface area contributed by atoms with Crippen LogP contribution in [-0.4, -0.2) is 16.1 Å². The summed E-state index contributed by atoms with van der Waals surface area (Å²) in [5.41, 5.74) is 1.14. The molecular weight excluding hydrogens is 214 g/mol. The lowest BCUT2D eigenvalue weighted by atomic mass is 10.4. The van der Waals surface area contributed by atoms with Gasteiger partial charge in [-0.1, -0.05) is 18.3 Å². The molecule has 0 aromatic carbocycles. The zero-order valence-electron chi connectivity index (χ0n) is 9.00. The Morgan fingerprint density at radius 2 is 2.14 bits per heavy atom. The number of thiazole rings is 1. The molecule has 1 heterocycles. The van der Waals surface area contributed by atoms with Gasteiger partial charge in [0.25, 0.3) is 0 Å². The molecule has 0 bridgehead atoms. The van der Waals surface area contributed by atoms with Gasteiger partial charge in [-0.3, -0.25) is 4.79 Å². The Kier molecular flexibility index (Phi) is 4.75. The molecule has 0 saturated carbocycles. The zero-order chi connectivity index (χ0) is 10.6. The van der Waals surface area contributed by atoms with Crippen molar-refractivity contribution in [2.24, 2.45) is 0 Å². The Bertz CT molecular complexity index is 340. The molecule has 0 aliphatic rings. The van der Waals surface area contributed by atoms with E-state index in [2.05, 4.69) is 6.92 Å². The summed E-state index contributed by atoms with van der Waals surface area (Å²) in [6, 6.07) is 0. The van der Waals surface area contributed by atoms with E-state index in [0.717, 1.165) is 35.0 Å². The highest BCUT2D eigenvalue weighted by atomic mass is 32.2. The van der Waals surface area contributed by atoms with Crippen LogP contribution in [0.3, 0.4) is 0 Å². The fourth-order valence-corrected chi connectivity index (χ4v) is 2.80. The first kappa shape index (κ1) is 11.9. The van der Waals surface area contributed by atoms with Gasteiger partial charge in [-0.2, -0.15) is 11.8 Å². The van der Waals surface area contributed by atoms with Crippen LogP contribution in [0.4, 0.5) is 0 Å². The Balaban J connectivity index is 2.54. The van der Waals surface area contributed by atoms with Gasteiger partial charge in [-0.25, -0.2) is 0 Å². The third-order valence-electron chi connectivity index (χ3n) is 2.25. The van der Waals surface area contributed by atoms with Gasteiger partial charge in [-0.15, -0.1) is 0 Å². The van der Waals surface area contributed by atoms with Gasteiger partial charge in [0.2, 0.25) is 0 Å².